The summed E-state index contributed by atoms with van der Waals surface area (Å²) < 4.78 is 16.9. The maximum absolute atomic E-state index is 12.3. The van der Waals surface area contributed by atoms with Gasteiger partial charge < -0.3 is 25.3 Å². The average molecular weight is 290 g/mol. The SMILES string of the molecule is NC1C2CCOC2C1NC(=O)C1COc2ccccc2O1. The van der Waals surface area contributed by atoms with Gasteiger partial charge in [-0.05, 0) is 18.6 Å². The number of hydrogen-bond acceptors (Lipinski definition) is 5. The van der Waals surface area contributed by atoms with Crippen LogP contribution in [0.3, 0.4) is 0 Å². The Morgan fingerprint density at radius 1 is 1.29 bits per heavy atom. The number of benzene rings is 1. The minimum atomic E-state index is -0.646. The molecule has 6 nitrogen and oxygen atoms in total. The highest BCUT2D eigenvalue weighted by Gasteiger charge is 2.53. The van der Waals surface area contributed by atoms with E-state index in [0.717, 1.165) is 13.0 Å². The number of carbonyl (C=O) groups is 1. The maximum Gasteiger partial charge on any atom is 0.265 e. The number of nitrogens with two attached hydrogens (primary N) is 1. The molecule has 1 aromatic rings. The fourth-order valence-electron chi connectivity index (χ4n) is 3.33. The Morgan fingerprint density at radius 2 is 2.10 bits per heavy atom. The Kier molecular flexibility index (Phi) is 3.01. The standard InChI is InChI=1S/C15H18N2O4/c16-12-8-5-6-19-14(8)13(12)17-15(18)11-7-20-9-3-1-2-4-10(9)21-11/h1-4,8,11-14H,5-7,16H2,(H,17,18). The van der Waals surface area contributed by atoms with Crippen molar-refractivity contribution in [1.82, 2.24) is 5.32 Å². The quantitative estimate of drug-likeness (QED) is 0.804. The second kappa shape index (κ2) is 4.89. The lowest BCUT2D eigenvalue weighted by molar-refractivity contribution is -0.134. The van der Waals surface area contributed by atoms with Crippen LogP contribution in [0.25, 0.3) is 0 Å². The van der Waals surface area contributed by atoms with Crippen molar-refractivity contribution < 1.29 is 19.0 Å². The molecule has 1 amide bonds. The van der Waals surface area contributed by atoms with E-state index >= 15 is 0 Å². The highest BCUT2D eigenvalue weighted by Crippen LogP contribution is 2.38. The van der Waals surface area contributed by atoms with E-state index in [1.54, 1.807) is 6.07 Å². The van der Waals surface area contributed by atoms with Gasteiger partial charge in [0.05, 0.1) is 12.1 Å². The molecule has 6 heteroatoms. The first-order valence-corrected chi connectivity index (χ1v) is 7.30. The molecule has 1 saturated carbocycles. The van der Waals surface area contributed by atoms with Gasteiger partial charge in [0.1, 0.15) is 6.61 Å². The van der Waals surface area contributed by atoms with Gasteiger partial charge in [0, 0.05) is 18.6 Å². The lowest BCUT2D eigenvalue weighted by Crippen LogP contribution is -2.70. The summed E-state index contributed by atoms with van der Waals surface area (Å²) in [5.74, 6) is 1.44. The number of para-hydroxylation sites is 2. The maximum atomic E-state index is 12.3. The molecule has 3 aliphatic rings. The van der Waals surface area contributed by atoms with Crippen LogP contribution in [0.15, 0.2) is 24.3 Å². The first kappa shape index (κ1) is 12.9. The topological polar surface area (TPSA) is 82.8 Å². The van der Waals surface area contributed by atoms with Crippen LogP contribution in [-0.2, 0) is 9.53 Å². The molecule has 5 atom stereocenters. The van der Waals surface area contributed by atoms with Gasteiger partial charge in [-0.2, -0.15) is 0 Å². The Bertz CT molecular complexity index is 564. The van der Waals surface area contributed by atoms with Crippen molar-refractivity contribution in [2.75, 3.05) is 13.2 Å². The summed E-state index contributed by atoms with van der Waals surface area (Å²) in [6.07, 6.45) is 0.391. The minimum Gasteiger partial charge on any atom is -0.485 e. The molecular weight excluding hydrogens is 272 g/mol. The fourth-order valence-corrected chi connectivity index (χ4v) is 3.33. The summed E-state index contributed by atoms with van der Waals surface area (Å²) >= 11 is 0. The van der Waals surface area contributed by atoms with Gasteiger partial charge in [0.15, 0.2) is 11.5 Å². The molecule has 3 N–H and O–H groups in total. The van der Waals surface area contributed by atoms with Crippen LogP contribution in [0.5, 0.6) is 11.5 Å². The molecule has 21 heavy (non-hydrogen) atoms. The molecule has 0 spiro atoms. The molecule has 1 aliphatic carbocycles. The molecule has 0 radical (unpaired) electrons. The van der Waals surface area contributed by atoms with Gasteiger partial charge in [-0.15, -0.1) is 0 Å². The van der Waals surface area contributed by atoms with E-state index in [2.05, 4.69) is 5.32 Å². The summed E-state index contributed by atoms with van der Waals surface area (Å²) in [5.41, 5.74) is 6.10. The Hall–Kier alpha value is -1.79. The smallest absolute Gasteiger partial charge is 0.265 e. The van der Waals surface area contributed by atoms with Crippen molar-refractivity contribution in [2.24, 2.45) is 11.7 Å². The Morgan fingerprint density at radius 3 is 2.95 bits per heavy atom. The largest absolute Gasteiger partial charge is 0.485 e. The normalized spacial score (nSPS) is 36.5. The third-order valence-corrected chi connectivity index (χ3v) is 4.56. The number of nitrogens with one attached hydrogen (secondary N) is 1. The number of amides is 1. The lowest BCUT2D eigenvalue weighted by atomic mass is 9.72. The van der Waals surface area contributed by atoms with Crippen molar-refractivity contribution >= 4 is 5.91 Å². The van der Waals surface area contributed by atoms with E-state index in [9.17, 15) is 4.79 Å². The van der Waals surface area contributed by atoms with E-state index in [0.29, 0.717) is 17.4 Å². The van der Waals surface area contributed by atoms with Gasteiger partial charge in [-0.25, -0.2) is 0 Å². The molecule has 5 unspecified atom stereocenters. The van der Waals surface area contributed by atoms with Gasteiger partial charge in [-0.1, -0.05) is 12.1 Å². The molecule has 4 rings (SSSR count). The predicted molar refractivity (Wildman–Crippen MR) is 74.1 cm³/mol. The predicted octanol–water partition coefficient (Wildman–Crippen LogP) is 0.0572. The molecule has 0 aromatic heterocycles. The summed E-state index contributed by atoms with van der Waals surface area (Å²) in [6.45, 7) is 0.936. The van der Waals surface area contributed by atoms with Crippen LogP contribution < -0.4 is 20.5 Å². The number of fused-ring (bicyclic) bond motifs is 2. The van der Waals surface area contributed by atoms with Crippen LogP contribution >= 0.6 is 0 Å². The molecule has 112 valence electrons. The second-order valence-electron chi connectivity index (χ2n) is 5.76. The highest BCUT2D eigenvalue weighted by atomic mass is 16.6. The summed E-state index contributed by atoms with van der Waals surface area (Å²) in [7, 11) is 0. The van der Waals surface area contributed by atoms with Crippen LogP contribution in [-0.4, -0.2) is 43.4 Å². The minimum absolute atomic E-state index is 0.0294. The monoisotopic (exact) mass is 290 g/mol. The number of carbonyl (C=O) groups excluding carboxylic acids is 1. The van der Waals surface area contributed by atoms with Crippen LogP contribution in [0.4, 0.5) is 0 Å². The number of hydrogen-bond donors (Lipinski definition) is 2. The van der Waals surface area contributed by atoms with Gasteiger partial charge >= 0.3 is 0 Å². The molecular formula is C15H18N2O4. The molecule has 1 aromatic carbocycles. The number of ether oxygens (including phenoxy) is 3. The second-order valence-corrected chi connectivity index (χ2v) is 5.76. The van der Waals surface area contributed by atoms with Gasteiger partial charge in [0.25, 0.3) is 5.91 Å². The van der Waals surface area contributed by atoms with Crippen LogP contribution in [0, 0.1) is 5.92 Å². The summed E-state index contributed by atoms with van der Waals surface area (Å²) in [6, 6.07) is 7.18. The highest BCUT2D eigenvalue weighted by molar-refractivity contribution is 5.82. The van der Waals surface area contributed by atoms with Gasteiger partial charge in [-0.3, -0.25) is 4.79 Å². The molecule has 2 aliphatic heterocycles. The fraction of sp³-hybridized carbons (Fsp3) is 0.533. The zero-order chi connectivity index (χ0) is 14.4. The Balaban J connectivity index is 1.40. The van der Waals surface area contributed by atoms with E-state index in [4.69, 9.17) is 19.9 Å². The zero-order valence-corrected chi connectivity index (χ0v) is 11.5. The van der Waals surface area contributed by atoms with Crippen molar-refractivity contribution in [1.29, 1.82) is 0 Å². The Labute approximate surface area is 122 Å². The lowest BCUT2D eigenvalue weighted by Gasteiger charge is -2.46. The van der Waals surface area contributed by atoms with E-state index in [1.165, 1.54) is 0 Å². The van der Waals surface area contributed by atoms with E-state index in [1.807, 2.05) is 18.2 Å². The van der Waals surface area contributed by atoms with E-state index < -0.39 is 6.10 Å². The molecule has 1 saturated heterocycles. The first-order chi connectivity index (χ1) is 10.2. The molecule has 2 fully saturated rings. The van der Waals surface area contributed by atoms with Crippen LogP contribution in [0.1, 0.15) is 6.42 Å². The number of rotatable bonds is 2. The first-order valence-electron chi connectivity index (χ1n) is 7.30. The molecule has 0 bridgehead atoms. The van der Waals surface area contributed by atoms with Gasteiger partial charge in [0.2, 0.25) is 6.10 Å². The zero-order valence-electron chi connectivity index (χ0n) is 11.5. The third-order valence-electron chi connectivity index (χ3n) is 4.56. The van der Waals surface area contributed by atoms with Crippen molar-refractivity contribution in [3.63, 3.8) is 0 Å². The summed E-state index contributed by atoms with van der Waals surface area (Å²) in [5, 5.41) is 2.94. The third kappa shape index (κ3) is 2.06. The van der Waals surface area contributed by atoms with E-state index in [-0.39, 0.29) is 30.7 Å². The summed E-state index contributed by atoms with van der Waals surface area (Å²) in [4.78, 5) is 12.3. The van der Waals surface area contributed by atoms with Crippen molar-refractivity contribution in [3.8, 4) is 11.5 Å². The van der Waals surface area contributed by atoms with Crippen molar-refractivity contribution in [3.05, 3.63) is 24.3 Å². The van der Waals surface area contributed by atoms with Crippen molar-refractivity contribution in [2.45, 2.75) is 30.7 Å². The molecule has 2 heterocycles. The van der Waals surface area contributed by atoms with Crippen LogP contribution in [0.2, 0.25) is 0 Å². The average Bonchev–Trinajstić information content (AvgIpc) is 2.96.